The van der Waals surface area contributed by atoms with Gasteiger partial charge in [-0.15, -0.1) is 0 Å². The molecule has 0 spiro atoms. The average molecular weight is 339 g/mol. The maximum Gasteiger partial charge on any atom is 0.233 e. The molecule has 1 aliphatic heterocycles. The number of amides is 1. The van der Waals surface area contributed by atoms with Crippen molar-refractivity contribution >= 4 is 11.7 Å². The van der Waals surface area contributed by atoms with Gasteiger partial charge in [-0.2, -0.15) is 0 Å². The van der Waals surface area contributed by atoms with E-state index in [0.29, 0.717) is 12.3 Å². The largest absolute Gasteiger partial charge is 0.468 e. The first-order valence-corrected chi connectivity index (χ1v) is 8.59. The highest BCUT2D eigenvalue weighted by atomic mass is 16.3. The van der Waals surface area contributed by atoms with Crippen LogP contribution in [0.25, 0.3) is 5.78 Å². The minimum Gasteiger partial charge on any atom is -0.468 e. The van der Waals surface area contributed by atoms with E-state index in [1.54, 1.807) is 12.5 Å². The van der Waals surface area contributed by atoms with Gasteiger partial charge < -0.3 is 9.73 Å². The van der Waals surface area contributed by atoms with Crippen molar-refractivity contribution in [2.45, 2.75) is 25.9 Å². The van der Waals surface area contributed by atoms with Crippen LogP contribution in [-0.2, 0) is 17.9 Å². The second kappa shape index (κ2) is 7.06. The van der Waals surface area contributed by atoms with Crippen LogP contribution in [0.4, 0.5) is 0 Å². The lowest BCUT2D eigenvalue weighted by Gasteiger charge is -2.31. The van der Waals surface area contributed by atoms with Gasteiger partial charge in [0.15, 0.2) is 0 Å². The predicted molar refractivity (Wildman–Crippen MR) is 91.5 cm³/mol. The molecule has 1 atom stereocenters. The molecule has 1 amide bonds. The Morgan fingerprint density at radius 2 is 2.36 bits per heavy atom. The fourth-order valence-electron chi connectivity index (χ4n) is 3.32. The molecule has 0 aromatic carbocycles. The van der Waals surface area contributed by atoms with Crippen LogP contribution in [0.3, 0.4) is 0 Å². The number of hydrogen-bond acceptors (Lipinski definition) is 5. The van der Waals surface area contributed by atoms with Crippen LogP contribution in [-0.4, -0.2) is 38.3 Å². The van der Waals surface area contributed by atoms with Crippen LogP contribution in [0.15, 0.2) is 47.5 Å². The zero-order valence-electron chi connectivity index (χ0n) is 14.0. The van der Waals surface area contributed by atoms with E-state index < -0.39 is 0 Å². The maximum atomic E-state index is 12.5. The molecule has 7 nitrogen and oxygen atoms in total. The summed E-state index contributed by atoms with van der Waals surface area (Å²) >= 11 is 0. The van der Waals surface area contributed by atoms with E-state index in [4.69, 9.17) is 4.42 Å². The van der Waals surface area contributed by atoms with E-state index in [2.05, 4.69) is 20.2 Å². The third kappa shape index (κ3) is 3.71. The van der Waals surface area contributed by atoms with Crippen LogP contribution in [0, 0.1) is 5.92 Å². The fourth-order valence-corrected chi connectivity index (χ4v) is 3.32. The number of nitrogens with one attached hydrogen (secondary N) is 1. The highest BCUT2D eigenvalue weighted by Gasteiger charge is 2.26. The Morgan fingerprint density at radius 3 is 3.20 bits per heavy atom. The highest BCUT2D eigenvalue weighted by molar-refractivity contribution is 5.78. The summed E-state index contributed by atoms with van der Waals surface area (Å²) < 4.78 is 7.26. The summed E-state index contributed by atoms with van der Waals surface area (Å²) in [6.45, 7) is 2.95. The zero-order chi connectivity index (χ0) is 17.1. The Labute approximate surface area is 145 Å². The Balaban J connectivity index is 1.32. The average Bonchev–Trinajstić information content (AvgIpc) is 3.29. The fraction of sp³-hybridized carbons (Fsp3) is 0.389. The number of imidazole rings is 1. The number of nitrogens with zero attached hydrogens (tertiary/aromatic N) is 4. The van der Waals surface area contributed by atoms with Crippen LogP contribution in [0.1, 0.15) is 24.3 Å². The summed E-state index contributed by atoms with van der Waals surface area (Å²) in [4.78, 5) is 23.4. The SMILES string of the molecule is O=C(NCc1cn2cccnc2n1)C1CCCN(Cc2ccco2)C1. The van der Waals surface area contributed by atoms with Crippen molar-refractivity contribution in [3.05, 3.63) is 54.5 Å². The molecule has 3 aromatic heterocycles. The molecular formula is C18H21N5O2. The minimum absolute atomic E-state index is 0.0128. The van der Waals surface area contributed by atoms with Gasteiger partial charge in [0.1, 0.15) is 5.76 Å². The van der Waals surface area contributed by atoms with Gasteiger partial charge in [0.2, 0.25) is 11.7 Å². The molecule has 0 radical (unpaired) electrons. The van der Waals surface area contributed by atoms with Crippen LogP contribution in [0.2, 0.25) is 0 Å². The Kier molecular flexibility index (Phi) is 4.47. The lowest BCUT2D eigenvalue weighted by molar-refractivity contribution is -0.127. The van der Waals surface area contributed by atoms with Crippen molar-refractivity contribution in [3.63, 3.8) is 0 Å². The molecular weight excluding hydrogens is 318 g/mol. The van der Waals surface area contributed by atoms with E-state index in [9.17, 15) is 4.79 Å². The molecule has 130 valence electrons. The van der Waals surface area contributed by atoms with E-state index in [0.717, 1.165) is 43.9 Å². The van der Waals surface area contributed by atoms with Gasteiger partial charge in [-0.25, -0.2) is 9.97 Å². The van der Waals surface area contributed by atoms with E-state index in [1.807, 2.05) is 35.0 Å². The number of carbonyl (C=O) groups excluding carboxylic acids is 1. The van der Waals surface area contributed by atoms with E-state index in [1.165, 1.54) is 0 Å². The third-order valence-corrected chi connectivity index (χ3v) is 4.56. The van der Waals surface area contributed by atoms with Gasteiger partial charge >= 0.3 is 0 Å². The van der Waals surface area contributed by atoms with E-state index in [-0.39, 0.29) is 11.8 Å². The second-order valence-electron chi connectivity index (χ2n) is 6.43. The van der Waals surface area contributed by atoms with Gasteiger partial charge in [0.25, 0.3) is 0 Å². The molecule has 1 saturated heterocycles. The first-order valence-electron chi connectivity index (χ1n) is 8.59. The molecule has 1 aliphatic rings. The summed E-state index contributed by atoms with van der Waals surface area (Å²) in [7, 11) is 0. The molecule has 1 unspecified atom stereocenters. The van der Waals surface area contributed by atoms with Crippen LogP contribution < -0.4 is 5.32 Å². The molecule has 4 rings (SSSR count). The Hall–Kier alpha value is -2.67. The standard InChI is InChI=1S/C18H21N5O2/c24-17(20-10-15-12-23-8-3-6-19-18(23)21-15)14-4-1-7-22(11-14)13-16-5-2-9-25-16/h2-3,5-6,8-9,12,14H,1,4,7,10-11,13H2,(H,20,24). The van der Waals surface area contributed by atoms with Crippen molar-refractivity contribution in [2.75, 3.05) is 13.1 Å². The van der Waals surface area contributed by atoms with Crippen LogP contribution in [0.5, 0.6) is 0 Å². The molecule has 0 bridgehead atoms. The molecule has 1 N–H and O–H groups in total. The first-order chi connectivity index (χ1) is 12.3. The summed E-state index contributed by atoms with van der Waals surface area (Å²) in [5.41, 5.74) is 0.815. The summed E-state index contributed by atoms with van der Waals surface area (Å²) in [6.07, 6.45) is 9.14. The molecule has 1 fully saturated rings. The summed E-state index contributed by atoms with van der Waals surface area (Å²) in [5.74, 6) is 1.69. The number of furan rings is 1. The van der Waals surface area contributed by atoms with E-state index >= 15 is 0 Å². The molecule has 0 saturated carbocycles. The minimum atomic E-state index is 0.0128. The van der Waals surface area contributed by atoms with Gasteiger partial charge in [0, 0.05) is 25.1 Å². The lowest BCUT2D eigenvalue weighted by Crippen LogP contribution is -2.42. The maximum absolute atomic E-state index is 12.5. The normalized spacial score (nSPS) is 18.5. The Bertz CT molecular complexity index is 809. The van der Waals surface area contributed by atoms with Gasteiger partial charge in [0.05, 0.1) is 31.0 Å². The molecule has 25 heavy (non-hydrogen) atoms. The zero-order valence-corrected chi connectivity index (χ0v) is 14.0. The molecule has 3 aromatic rings. The number of aromatic nitrogens is 3. The smallest absolute Gasteiger partial charge is 0.233 e. The number of fused-ring (bicyclic) bond motifs is 1. The highest BCUT2D eigenvalue weighted by Crippen LogP contribution is 2.19. The molecule has 0 aliphatic carbocycles. The van der Waals surface area contributed by atoms with Crippen molar-refractivity contribution < 1.29 is 9.21 Å². The molecule has 7 heteroatoms. The number of rotatable bonds is 5. The monoisotopic (exact) mass is 339 g/mol. The van der Waals surface area contributed by atoms with Crippen molar-refractivity contribution in [2.24, 2.45) is 5.92 Å². The topological polar surface area (TPSA) is 75.7 Å². The predicted octanol–water partition coefficient (Wildman–Crippen LogP) is 1.85. The van der Waals surface area contributed by atoms with Gasteiger partial charge in [-0.05, 0) is 37.6 Å². The number of likely N-dealkylation sites (tertiary alicyclic amines) is 1. The van der Waals surface area contributed by atoms with Crippen molar-refractivity contribution in [1.82, 2.24) is 24.6 Å². The third-order valence-electron chi connectivity index (χ3n) is 4.56. The summed E-state index contributed by atoms with van der Waals surface area (Å²) in [6, 6.07) is 5.72. The number of hydrogen-bond donors (Lipinski definition) is 1. The Morgan fingerprint density at radius 1 is 1.40 bits per heavy atom. The number of carbonyl (C=O) groups is 1. The van der Waals surface area contributed by atoms with Crippen molar-refractivity contribution in [3.8, 4) is 0 Å². The number of piperidine rings is 1. The molecule has 4 heterocycles. The lowest BCUT2D eigenvalue weighted by atomic mass is 9.97. The van der Waals surface area contributed by atoms with Crippen molar-refractivity contribution in [1.29, 1.82) is 0 Å². The first kappa shape index (κ1) is 15.8. The summed E-state index contributed by atoms with van der Waals surface area (Å²) in [5, 5.41) is 3.02. The van der Waals surface area contributed by atoms with Gasteiger partial charge in [-0.1, -0.05) is 0 Å². The second-order valence-corrected chi connectivity index (χ2v) is 6.43. The van der Waals surface area contributed by atoms with Crippen LogP contribution >= 0.6 is 0 Å². The van der Waals surface area contributed by atoms with Gasteiger partial charge in [-0.3, -0.25) is 14.1 Å². The quantitative estimate of drug-likeness (QED) is 0.768.